The van der Waals surface area contributed by atoms with Crippen LogP contribution in [0.4, 0.5) is 0 Å². The maximum atomic E-state index is 6.39. The van der Waals surface area contributed by atoms with Crippen LogP contribution in [0.15, 0.2) is 158 Å². The van der Waals surface area contributed by atoms with Gasteiger partial charge in [-0.3, -0.25) is 0 Å². The van der Waals surface area contributed by atoms with Crippen molar-refractivity contribution in [2.45, 2.75) is 5.41 Å². The molecule has 208 valence electrons. The first kappa shape index (κ1) is 26.3. The number of rotatable bonds is 5. The molecule has 0 saturated heterocycles. The lowest BCUT2D eigenvalue weighted by Gasteiger charge is -2.34. The normalized spacial score (nSPS) is 12.8. The molecule has 1 aliphatic carbocycles. The summed E-state index contributed by atoms with van der Waals surface area (Å²) in [6.07, 6.45) is 0. The van der Waals surface area contributed by atoms with E-state index in [0.717, 1.165) is 22.3 Å². The average molecular weight is 584 g/mol. The third kappa shape index (κ3) is 4.24. The van der Waals surface area contributed by atoms with Crippen molar-refractivity contribution >= 4 is 11.6 Å². The fraction of sp³-hybridized carbons (Fsp3) is 0.0250. The second-order valence-corrected chi connectivity index (χ2v) is 11.3. The second kappa shape index (κ2) is 10.7. The predicted molar refractivity (Wildman–Crippen MR) is 178 cm³/mol. The summed E-state index contributed by atoms with van der Waals surface area (Å²) in [5.74, 6) is 1.10. The second-order valence-electron chi connectivity index (χ2n) is 11.0. The average Bonchev–Trinajstić information content (AvgIpc) is 3.40. The lowest BCUT2D eigenvalue weighted by atomic mass is 9.67. The summed E-state index contributed by atoms with van der Waals surface area (Å²) in [5.41, 5.74) is 11.1. The van der Waals surface area contributed by atoms with Gasteiger partial charge in [-0.1, -0.05) is 146 Å². The molecule has 7 aromatic rings. The highest BCUT2D eigenvalue weighted by Gasteiger charge is 2.45. The van der Waals surface area contributed by atoms with Gasteiger partial charge in [-0.05, 0) is 68.2 Å². The lowest BCUT2D eigenvalue weighted by Crippen LogP contribution is -2.28. The van der Waals surface area contributed by atoms with E-state index < -0.39 is 5.41 Å². The topological polar surface area (TPSA) is 38.7 Å². The molecule has 1 heterocycles. The van der Waals surface area contributed by atoms with Crippen LogP contribution in [0.1, 0.15) is 22.3 Å². The zero-order valence-electron chi connectivity index (χ0n) is 23.7. The van der Waals surface area contributed by atoms with Crippen LogP contribution in [0.25, 0.3) is 45.0 Å². The van der Waals surface area contributed by atoms with E-state index in [-0.39, 0.29) is 5.28 Å². The van der Waals surface area contributed by atoms with Gasteiger partial charge in [0.25, 0.3) is 0 Å². The van der Waals surface area contributed by atoms with Crippen molar-refractivity contribution in [1.29, 1.82) is 0 Å². The predicted octanol–water partition coefficient (Wildman–Crippen LogP) is 9.89. The Hall–Kier alpha value is -5.38. The van der Waals surface area contributed by atoms with Gasteiger partial charge in [0, 0.05) is 11.1 Å². The van der Waals surface area contributed by atoms with Gasteiger partial charge in [0.05, 0.1) is 5.41 Å². The first-order valence-corrected chi connectivity index (χ1v) is 15.0. The molecule has 0 fully saturated rings. The maximum absolute atomic E-state index is 6.39. The van der Waals surface area contributed by atoms with E-state index in [9.17, 15) is 0 Å². The van der Waals surface area contributed by atoms with Crippen molar-refractivity contribution in [1.82, 2.24) is 15.0 Å². The minimum absolute atomic E-state index is 0.171. The molecule has 0 N–H and O–H groups in total. The maximum Gasteiger partial charge on any atom is 0.226 e. The molecule has 4 heteroatoms. The number of aromatic nitrogens is 3. The van der Waals surface area contributed by atoms with E-state index >= 15 is 0 Å². The molecule has 0 atom stereocenters. The quantitative estimate of drug-likeness (QED) is 0.202. The van der Waals surface area contributed by atoms with Gasteiger partial charge in [-0.2, -0.15) is 9.97 Å². The van der Waals surface area contributed by atoms with Gasteiger partial charge in [0.2, 0.25) is 5.28 Å². The smallest absolute Gasteiger partial charge is 0.208 e. The number of nitrogens with zero attached hydrogens (tertiary/aromatic N) is 3. The summed E-state index contributed by atoms with van der Waals surface area (Å²) in [6.45, 7) is 0. The third-order valence-electron chi connectivity index (χ3n) is 8.55. The summed E-state index contributed by atoms with van der Waals surface area (Å²) < 4.78 is 0. The first-order chi connectivity index (χ1) is 21.7. The van der Waals surface area contributed by atoms with E-state index in [4.69, 9.17) is 16.6 Å². The van der Waals surface area contributed by atoms with E-state index in [1.54, 1.807) is 0 Å². The molecular formula is C40H26ClN3. The zero-order chi connectivity index (χ0) is 29.5. The van der Waals surface area contributed by atoms with Gasteiger partial charge < -0.3 is 0 Å². The van der Waals surface area contributed by atoms with E-state index in [1.165, 1.54) is 33.4 Å². The summed E-state index contributed by atoms with van der Waals surface area (Å²) in [5, 5.41) is 0.171. The highest BCUT2D eigenvalue weighted by molar-refractivity contribution is 6.28. The van der Waals surface area contributed by atoms with Gasteiger partial charge in [-0.15, -0.1) is 0 Å². The van der Waals surface area contributed by atoms with Crippen LogP contribution in [-0.4, -0.2) is 15.0 Å². The highest BCUT2D eigenvalue weighted by Crippen LogP contribution is 2.56. The summed E-state index contributed by atoms with van der Waals surface area (Å²) in [7, 11) is 0. The molecule has 3 nitrogen and oxygen atoms in total. The number of halogens is 1. The van der Waals surface area contributed by atoms with E-state index in [1.807, 2.05) is 42.5 Å². The molecule has 0 radical (unpaired) electrons. The fourth-order valence-corrected chi connectivity index (χ4v) is 6.84. The summed E-state index contributed by atoms with van der Waals surface area (Å²) in [6, 6.07) is 55.6. The van der Waals surface area contributed by atoms with E-state index in [2.05, 4.69) is 125 Å². The Morgan fingerprint density at radius 1 is 0.386 bits per heavy atom. The Labute approximate surface area is 261 Å². The lowest BCUT2D eigenvalue weighted by molar-refractivity contribution is 0.769. The van der Waals surface area contributed by atoms with Crippen LogP contribution in [0.2, 0.25) is 5.28 Å². The molecule has 6 aromatic carbocycles. The number of hydrogen-bond acceptors (Lipinski definition) is 3. The number of hydrogen-bond donors (Lipinski definition) is 0. The Kier molecular flexibility index (Phi) is 6.40. The molecule has 44 heavy (non-hydrogen) atoms. The molecule has 0 unspecified atom stereocenters. The van der Waals surface area contributed by atoms with Crippen molar-refractivity contribution < 1.29 is 0 Å². The molecule has 0 bridgehead atoms. The Bertz CT molecular complexity index is 2100. The van der Waals surface area contributed by atoms with Crippen molar-refractivity contribution in [3.8, 4) is 45.0 Å². The number of fused-ring (bicyclic) bond motifs is 3. The van der Waals surface area contributed by atoms with Crippen LogP contribution in [-0.2, 0) is 5.41 Å². The monoisotopic (exact) mass is 583 g/mol. The minimum Gasteiger partial charge on any atom is -0.208 e. The molecule has 0 saturated carbocycles. The fourth-order valence-electron chi connectivity index (χ4n) is 6.68. The largest absolute Gasteiger partial charge is 0.226 e. The Morgan fingerprint density at radius 3 is 1.55 bits per heavy atom. The van der Waals surface area contributed by atoms with Crippen LogP contribution < -0.4 is 0 Å². The van der Waals surface area contributed by atoms with Gasteiger partial charge >= 0.3 is 0 Å². The molecule has 8 rings (SSSR count). The molecule has 0 aliphatic heterocycles. The Morgan fingerprint density at radius 2 is 0.864 bits per heavy atom. The van der Waals surface area contributed by atoms with Gasteiger partial charge in [0.1, 0.15) is 0 Å². The van der Waals surface area contributed by atoms with Crippen LogP contribution in [0.3, 0.4) is 0 Å². The van der Waals surface area contributed by atoms with Crippen molar-refractivity contribution in [2.75, 3.05) is 0 Å². The summed E-state index contributed by atoms with van der Waals surface area (Å²) >= 11 is 6.39. The van der Waals surface area contributed by atoms with E-state index in [0.29, 0.717) is 11.6 Å². The Balaban J connectivity index is 1.29. The third-order valence-corrected chi connectivity index (χ3v) is 8.72. The van der Waals surface area contributed by atoms with Crippen molar-refractivity contribution in [3.63, 3.8) is 0 Å². The SMILES string of the molecule is Clc1nc(-c2ccccc2)nc(-c2cccc(-c3cccc(C4(c5ccccc5)c5ccccc5-c5ccccc54)c3)c2)n1. The summed E-state index contributed by atoms with van der Waals surface area (Å²) in [4.78, 5) is 13.7. The van der Waals surface area contributed by atoms with Crippen LogP contribution in [0, 0.1) is 0 Å². The van der Waals surface area contributed by atoms with Crippen molar-refractivity contribution in [2.24, 2.45) is 0 Å². The zero-order valence-corrected chi connectivity index (χ0v) is 24.5. The molecular weight excluding hydrogens is 558 g/mol. The van der Waals surface area contributed by atoms with Gasteiger partial charge in [0.15, 0.2) is 11.6 Å². The molecule has 0 amide bonds. The minimum atomic E-state index is -0.450. The van der Waals surface area contributed by atoms with Crippen LogP contribution >= 0.6 is 11.6 Å². The standard InChI is InChI=1S/C40H26ClN3/c41-39-43-37(27-13-3-1-4-14-27)42-38(44-39)30-17-11-15-28(25-30)29-16-12-20-32(26-29)40(31-18-5-2-6-19-31)35-23-9-7-21-33(35)34-22-8-10-24-36(34)40/h1-26H. The van der Waals surface area contributed by atoms with Gasteiger partial charge in [-0.25, -0.2) is 4.98 Å². The van der Waals surface area contributed by atoms with Crippen molar-refractivity contribution in [3.05, 3.63) is 185 Å². The molecule has 0 spiro atoms. The molecule has 1 aliphatic rings. The molecule has 1 aromatic heterocycles. The highest BCUT2D eigenvalue weighted by atomic mass is 35.5. The first-order valence-electron chi connectivity index (χ1n) is 14.6. The van der Waals surface area contributed by atoms with Crippen LogP contribution in [0.5, 0.6) is 0 Å². The number of benzene rings is 6.